The molecule has 0 aliphatic heterocycles. The zero-order valence-electron chi connectivity index (χ0n) is 11.1. The Labute approximate surface area is 123 Å². The Kier molecular flexibility index (Phi) is 5.48. The van der Waals surface area contributed by atoms with Gasteiger partial charge >= 0.3 is 0 Å². The van der Waals surface area contributed by atoms with Crippen LogP contribution in [0, 0.1) is 0 Å². The zero-order valence-corrected chi connectivity index (χ0v) is 12.7. The van der Waals surface area contributed by atoms with Crippen molar-refractivity contribution in [2.24, 2.45) is 0 Å². The summed E-state index contributed by atoms with van der Waals surface area (Å²) in [5.41, 5.74) is 1.18. The third-order valence-corrected chi connectivity index (χ3v) is 4.81. The van der Waals surface area contributed by atoms with Crippen LogP contribution in [-0.4, -0.2) is 10.7 Å². The van der Waals surface area contributed by atoms with Crippen LogP contribution < -0.4 is 5.32 Å². The highest BCUT2D eigenvalue weighted by Crippen LogP contribution is 2.27. The van der Waals surface area contributed by atoms with E-state index < -0.39 is 0 Å². The number of hydrogen-bond donors (Lipinski definition) is 1. The largest absolute Gasteiger partial charge is 0.379 e. The lowest BCUT2D eigenvalue weighted by atomic mass is 10.3. The lowest BCUT2D eigenvalue weighted by Crippen LogP contribution is -1.98. The maximum atomic E-state index is 4.38. The van der Waals surface area contributed by atoms with E-state index in [1.807, 2.05) is 12.3 Å². The molecule has 0 unspecified atom stereocenters. The van der Waals surface area contributed by atoms with Gasteiger partial charge in [0, 0.05) is 27.4 Å². The van der Waals surface area contributed by atoms with Crippen molar-refractivity contribution >= 4 is 28.8 Å². The van der Waals surface area contributed by atoms with Gasteiger partial charge in [-0.15, -0.1) is 29.7 Å². The van der Waals surface area contributed by atoms with Crippen LogP contribution in [0.2, 0.25) is 0 Å². The number of thioether (sulfide) groups is 1. The van der Waals surface area contributed by atoms with Crippen molar-refractivity contribution in [3.05, 3.63) is 53.0 Å². The van der Waals surface area contributed by atoms with Crippen LogP contribution in [0.15, 0.2) is 48.0 Å². The standard InChI is InChI=1S/C15H18N2S2/c1-3-9-18-14-8-6-5-7-13(14)16-10-12-11-17-15(4-2)19-12/h3,5-8,11,16H,1,4,9-10H2,2H3. The quantitative estimate of drug-likeness (QED) is 0.596. The van der Waals surface area contributed by atoms with Gasteiger partial charge in [-0.1, -0.05) is 25.1 Å². The van der Waals surface area contributed by atoms with E-state index >= 15 is 0 Å². The van der Waals surface area contributed by atoms with Crippen LogP contribution in [0.3, 0.4) is 0 Å². The van der Waals surface area contributed by atoms with Gasteiger partial charge < -0.3 is 5.32 Å². The number of rotatable bonds is 7. The maximum Gasteiger partial charge on any atom is 0.0925 e. The van der Waals surface area contributed by atoms with Crippen molar-refractivity contribution in [3.8, 4) is 0 Å². The number of anilines is 1. The van der Waals surface area contributed by atoms with Crippen molar-refractivity contribution in [2.75, 3.05) is 11.1 Å². The Bertz CT molecular complexity index is 534. The molecule has 0 aliphatic rings. The Hall–Kier alpha value is -1.26. The van der Waals surface area contributed by atoms with E-state index in [1.54, 1.807) is 23.1 Å². The van der Waals surface area contributed by atoms with Crippen molar-refractivity contribution in [2.45, 2.75) is 24.8 Å². The van der Waals surface area contributed by atoms with Crippen LogP contribution >= 0.6 is 23.1 Å². The molecule has 0 atom stereocenters. The second-order valence-corrected chi connectivity index (χ2v) is 6.28. The zero-order chi connectivity index (χ0) is 13.5. The molecule has 19 heavy (non-hydrogen) atoms. The molecule has 4 heteroatoms. The van der Waals surface area contributed by atoms with E-state index in [2.05, 4.69) is 48.1 Å². The molecule has 2 nitrogen and oxygen atoms in total. The fraction of sp³-hybridized carbons (Fsp3) is 0.267. The first-order valence-corrected chi connectivity index (χ1v) is 8.14. The number of aromatic nitrogens is 1. The van der Waals surface area contributed by atoms with Crippen LogP contribution in [0.4, 0.5) is 5.69 Å². The number of para-hydroxylation sites is 1. The number of hydrogen-bond acceptors (Lipinski definition) is 4. The molecule has 0 bridgehead atoms. The molecule has 1 aromatic heterocycles. The van der Waals surface area contributed by atoms with E-state index in [0.29, 0.717) is 0 Å². The molecule has 100 valence electrons. The SMILES string of the molecule is C=CCSc1ccccc1NCc1cnc(CC)s1. The molecule has 1 aromatic carbocycles. The Morgan fingerprint density at radius 2 is 2.26 bits per heavy atom. The van der Waals surface area contributed by atoms with Gasteiger partial charge in [-0.2, -0.15) is 0 Å². The van der Waals surface area contributed by atoms with E-state index in [4.69, 9.17) is 0 Å². The summed E-state index contributed by atoms with van der Waals surface area (Å²) in [7, 11) is 0. The summed E-state index contributed by atoms with van der Waals surface area (Å²) in [5.74, 6) is 0.930. The van der Waals surface area contributed by atoms with Crippen molar-refractivity contribution < 1.29 is 0 Å². The molecule has 0 fully saturated rings. The predicted octanol–water partition coefficient (Wildman–Crippen LogP) is 4.60. The predicted molar refractivity (Wildman–Crippen MR) is 86.2 cm³/mol. The average molecular weight is 290 g/mol. The van der Waals surface area contributed by atoms with Crippen molar-refractivity contribution in [1.82, 2.24) is 4.98 Å². The maximum absolute atomic E-state index is 4.38. The molecule has 2 rings (SSSR count). The van der Waals surface area contributed by atoms with Gasteiger partial charge in [-0.05, 0) is 18.6 Å². The first-order valence-electron chi connectivity index (χ1n) is 6.33. The Morgan fingerprint density at radius 3 is 3.00 bits per heavy atom. The van der Waals surface area contributed by atoms with Gasteiger partial charge in [-0.25, -0.2) is 4.98 Å². The fourth-order valence-corrected chi connectivity index (χ4v) is 3.23. The summed E-state index contributed by atoms with van der Waals surface area (Å²) in [4.78, 5) is 6.92. The minimum Gasteiger partial charge on any atom is -0.379 e. The summed E-state index contributed by atoms with van der Waals surface area (Å²) < 4.78 is 0. The van der Waals surface area contributed by atoms with Crippen LogP contribution in [0.5, 0.6) is 0 Å². The monoisotopic (exact) mass is 290 g/mol. The highest BCUT2D eigenvalue weighted by atomic mass is 32.2. The molecular weight excluding hydrogens is 272 g/mol. The van der Waals surface area contributed by atoms with Gasteiger partial charge in [0.2, 0.25) is 0 Å². The van der Waals surface area contributed by atoms with Crippen molar-refractivity contribution in [1.29, 1.82) is 0 Å². The summed E-state index contributed by atoms with van der Waals surface area (Å²) in [6.45, 7) is 6.74. The lowest BCUT2D eigenvalue weighted by molar-refractivity contribution is 1.09. The highest BCUT2D eigenvalue weighted by Gasteiger charge is 2.03. The van der Waals surface area contributed by atoms with Gasteiger partial charge in [-0.3, -0.25) is 0 Å². The van der Waals surface area contributed by atoms with Crippen LogP contribution in [0.1, 0.15) is 16.8 Å². The van der Waals surface area contributed by atoms with Crippen molar-refractivity contribution in [3.63, 3.8) is 0 Å². The van der Waals surface area contributed by atoms with E-state index in [0.717, 1.165) is 18.7 Å². The minimum absolute atomic E-state index is 0.837. The summed E-state index contributed by atoms with van der Waals surface area (Å²) in [5, 5.41) is 4.69. The van der Waals surface area contributed by atoms with E-state index in [-0.39, 0.29) is 0 Å². The second-order valence-electron chi connectivity index (χ2n) is 4.02. The van der Waals surface area contributed by atoms with E-state index in [9.17, 15) is 0 Å². The molecule has 1 heterocycles. The topological polar surface area (TPSA) is 24.9 Å². The van der Waals surface area contributed by atoms with E-state index in [1.165, 1.54) is 20.5 Å². The third-order valence-electron chi connectivity index (χ3n) is 2.60. The lowest BCUT2D eigenvalue weighted by Gasteiger charge is -2.09. The first-order chi connectivity index (χ1) is 9.33. The van der Waals surface area contributed by atoms with Gasteiger partial charge in [0.1, 0.15) is 0 Å². The summed E-state index contributed by atoms with van der Waals surface area (Å²) >= 11 is 3.58. The molecular formula is C15H18N2S2. The molecule has 0 saturated carbocycles. The number of nitrogens with zero attached hydrogens (tertiary/aromatic N) is 1. The number of nitrogens with one attached hydrogen (secondary N) is 1. The first kappa shape index (κ1) is 14.2. The van der Waals surface area contributed by atoms with Crippen LogP contribution in [0.25, 0.3) is 0 Å². The molecule has 0 aliphatic carbocycles. The minimum atomic E-state index is 0.837. The Morgan fingerprint density at radius 1 is 1.42 bits per heavy atom. The van der Waals surface area contributed by atoms with Gasteiger partial charge in [0.05, 0.1) is 11.6 Å². The highest BCUT2D eigenvalue weighted by molar-refractivity contribution is 7.99. The number of thiazole rings is 1. The summed E-state index contributed by atoms with van der Waals surface area (Å²) in [6.07, 6.45) is 4.91. The number of benzene rings is 1. The molecule has 2 aromatic rings. The fourth-order valence-electron chi connectivity index (χ4n) is 1.66. The number of aryl methyl sites for hydroxylation is 1. The van der Waals surface area contributed by atoms with Gasteiger partial charge in [0.15, 0.2) is 0 Å². The second kappa shape index (κ2) is 7.36. The molecule has 0 amide bonds. The summed E-state index contributed by atoms with van der Waals surface area (Å²) in [6, 6.07) is 8.39. The Balaban J connectivity index is 2.00. The van der Waals surface area contributed by atoms with Crippen LogP contribution in [-0.2, 0) is 13.0 Å². The van der Waals surface area contributed by atoms with Gasteiger partial charge in [0.25, 0.3) is 0 Å². The molecule has 1 N–H and O–H groups in total. The normalized spacial score (nSPS) is 10.4. The third kappa shape index (κ3) is 4.11. The average Bonchev–Trinajstić information content (AvgIpc) is 2.91. The smallest absolute Gasteiger partial charge is 0.0925 e. The molecule has 0 spiro atoms. The molecule has 0 saturated heterocycles. The molecule has 0 radical (unpaired) electrons.